The zero-order chi connectivity index (χ0) is 20.8. The molecule has 5 heteroatoms. The summed E-state index contributed by atoms with van der Waals surface area (Å²) in [4.78, 5) is 22.0. The summed E-state index contributed by atoms with van der Waals surface area (Å²) in [6.07, 6.45) is 8.40. The molecular weight excluding hydrogens is 374 g/mol. The van der Waals surface area contributed by atoms with Gasteiger partial charge in [-0.2, -0.15) is 0 Å². The Bertz CT molecular complexity index is 812. The quantitative estimate of drug-likeness (QED) is 0.721. The van der Waals surface area contributed by atoms with Crippen LogP contribution in [-0.2, 0) is 6.42 Å². The molecule has 0 radical (unpaired) electrons. The number of ether oxygens (including phenoxy) is 1. The number of nitrogens with zero attached hydrogens (tertiary/aromatic N) is 3. The maximum Gasteiger partial charge on any atom is 0.257 e. The Morgan fingerprint density at radius 3 is 2.50 bits per heavy atom. The van der Waals surface area contributed by atoms with E-state index in [1.807, 2.05) is 41.4 Å². The first kappa shape index (κ1) is 20.9. The second-order valence-corrected chi connectivity index (χ2v) is 8.58. The fourth-order valence-electron chi connectivity index (χ4n) is 4.58. The zero-order valence-corrected chi connectivity index (χ0v) is 18.0. The van der Waals surface area contributed by atoms with Crippen LogP contribution in [0.25, 0.3) is 0 Å². The van der Waals surface area contributed by atoms with E-state index >= 15 is 0 Å². The molecule has 1 atom stereocenters. The molecule has 0 unspecified atom stereocenters. The van der Waals surface area contributed by atoms with Gasteiger partial charge in [-0.25, -0.2) is 0 Å². The van der Waals surface area contributed by atoms with E-state index in [0.29, 0.717) is 11.6 Å². The smallest absolute Gasteiger partial charge is 0.257 e. The van der Waals surface area contributed by atoms with Crippen LogP contribution < -0.4 is 4.74 Å². The van der Waals surface area contributed by atoms with Gasteiger partial charge in [0, 0.05) is 50.5 Å². The Morgan fingerprint density at radius 1 is 1.03 bits per heavy atom. The molecule has 1 amide bonds. The van der Waals surface area contributed by atoms with E-state index in [1.165, 1.54) is 6.42 Å². The van der Waals surface area contributed by atoms with Crippen LogP contribution in [-0.4, -0.2) is 59.0 Å². The van der Waals surface area contributed by atoms with Gasteiger partial charge in [-0.05, 0) is 63.3 Å². The predicted octanol–water partition coefficient (Wildman–Crippen LogP) is 4.18. The Morgan fingerprint density at radius 2 is 1.77 bits per heavy atom. The second-order valence-electron chi connectivity index (χ2n) is 8.58. The average Bonchev–Trinajstić information content (AvgIpc) is 2.81. The first-order chi connectivity index (χ1) is 14.7. The highest BCUT2D eigenvalue weighted by molar-refractivity contribution is 5.97. The van der Waals surface area contributed by atoms with E-state index in [-0.39, 0.29) is 12.0 Å². The van der Waals surface area contributed by atoms with Crippen LogP contribution in [0.1, 0.15) is 55.1 Å². The number of hydrogen-bond donors (Lipinski definition) is 0. The molecular formula is C25H33N3O2. The van der Waals surface area contributed by atoms with Crippen LogP contribution in [0.2, 0.25) is 0 Å². The number of carbonyl (C=O) groups excluding carboxylic acids is 1. The van der Waals surface area contributed by atoms with E-state index in [1.54, 1.807) is 0 Å². The van der Waals surface area contributed by atoms with Gasteiger partial charge in [-0.1, -0.05) is 18.2 Å². The minimum Gasteiger partial charge on any atom is -0.489 e. The molecule has 1 aromatic heterocycles. The highest BCUT2D eigenvalue weighted by Crippen LogP contribution is 2.26. The first-order valence-electron chi connectivity index (χ1n) is 11.4. The van der Waals surface area contributed by atoms with Crippen molar-refractivity contribution in [1.82, 2.24) is 14.8 Å². The van der Waals surface area contributed by atoms with Crippen molar-refractivity contribution in [3.8, 4) is 5.75 Å². The van der Waals surface area contributed by atoms with Crippen LogP contribution in [0.3, 0.4) is 0 Å². The lowest BCUT2D eigenvalue weighted by atomic mass is 10.0. The topological polar surface area (TPSA) is 45.7 Å². The van der Waals surface area contributed by atoms with Crippen molar-refractivity contribution in [3.63, 3.8) is 0 Å². The molecule has 30 heavy (non-hydrogen) atoms. The summed E-state index contributed by atoms with van der Waals surface area (Å²) in [5.74, 6) is 0.861. The normalized spacial score (nSPS) is 19.4. The number of pyridine rings is 1. The number of carbonyl (C=O) groups is 1. The molecule has 2 aromatic rings. The van der Waals surface area contributed by atoms with Gasteiger partial charge in [0.15, 0.2) is 0 Å². The fraction of sp³-hybridized carbons (Fsp3) is 0.520. The predicted molar refractivity (Wildman–Crippen MR) is 119 cm³/mol. The van der Waals surface area contributed by atoms with Crippen molar-refractivity contribution in [2.24, 2.45) is 0 Å². The van der Waals surface area contributed by atoms with Gasteiger partial charge in [0.1, 0.15) is 11.9 Å². The Kier molecular flexibility index (Phi) is 7.00. The maximum atomic E-state index is 13.0. The van der Waals surface area contributed by atoms with Crippen LogP contribution in [0, 0.1) is 0 Å². The number of hydrogen-bond acceptors (Lipinski definition) is 4. The summed E-state index contributed by atoms with van der Waals surface area (Å²) in [5, 5.41) is 0. The number of piperidine rings is 2. The Balaban J connectivity index is 1.32. The van der Waals surface area contributed by atoms with Crippen LogP contribution in [0.15, 0.2) is 48.7 Å². The maximum absolute atomic E-state index is 13.0. The van der Waals surface area contributed by atoms with Crippen molar-refractivity contribution in [3.05, 3.63) is 59.9 Å². The molecule has 4 rings (SSSR count). The highest BCUT2D eigenvalue weighted by atomic mass is 16.5. The van der Waals surface area contributed by atoms with E-state index in [2.05, 4.69) is 28.9 Å². The van der Waals surface area contributed by atoms with Crippen molar-refractivity contribution >= 4 is 5.91 Å². The molecule has 0 spiro atoms. The third-order valence-corrected chi connectivity index (χ3v) is 6.38. The summed E-state index contributed by atoms with van der Waals surface area (Å²) in [6, 6.07) is 14.3. The summed E-state index contributed by atoms with van der Waals surface area (Å²) < 4.78 is 6.36. The van der Waals surface area contributed by atoms with Gasteiger partial charge in [0.2, 0.25) is 0 Å². The second kappa shape index (κ2) is 10.1. The van der Waals surface area contributed by atoms with E-state index < -0.39 is 0 Å². The number of aromatic nitrogens is 1. The summed E-state index contributed by atoms with van der Waals surface area (Å²) in [7, 11) is 0. The monoisotopic (exact) mass is 407 g/mol. The average molecular weight is 408 g/mol. The SMILES string of the molecule is C[C@@H](Cc1ccccn1)N1CCC(Oc2ccccc2C(=O)N2CCCCC2)CC1. The first-order valence-corrected chi connectivity index (χ1v) is 11.4. The number of benzene rings is 1. The lowest BCUT2D eigenvalue weighted by Gasteiger charge is -2.36. The van der Waals surface area contributed by atoms with E-state index in [9.17, 15) is 4.79 Å². The molecule has 0 N–H and O–H groups in total. The molecule has 0 saturated carbocycles. The molecule has 3 heterocycles. The molecule has 1 aromatic carbocycles. The van der Waals surface area contributed by atoms with Crippen LogP contribution in [0.4, 0.5) is 0 Å². The van der Waals surface area contributed by atoms with Crippen molar-refractivity contribution < 1.29 is 9.53 Å². The third-order valence-electron chi connectivity index (χ3n) is 6.38. The number of rotatable bonds is 6. The van der Waals surface area contributed by atoms with Crippen molar-refractivity contribution in [2.75, 3.05) is 26.2 Å². The summed E-state index contributed by atoms with van der Waals surface area (Å²) in [6.45, 7) is 6.03. The van der Waals surface area contributed by atoms with Crippen molar-refractivity contribution in [1.29, 1.82) is 0 Å². The molecule has 160 valence electrons. The van der Waals surface area contributed by atoms with Gasteiger partial charge in [0.25, 0.3) is 5.91 Å². The number of para-hydroxylation sites is 1. The summed E-state index contributed by atoms with van der Waals surface area (Å²) >= 11 is 0. The largest absolute Gasteiger partial charge is 0.489 e. The molecule has 2 aliphatic heterocycles. The zero-order valence-electron chi connectivity index (χ0n) is 18.0. The van der Waals surface area contributed by atoms with Crippen LogP contribution >= 0.6 is 0 Å². The van der Waals surface area contributed by atoms with Crippen molar-refractivity contribution in [2.45, 2.75) is 57.6 Å². The van der Waals surface area contributed by atoms with Gasteiger partial charge in [0.05, 0.1) is 5.56 Å². The third kappa shape index (κ3) is 5.20. The minimum absolute atomic E-state index is 0.117. The van der Waals surface area contributed by atoms with E-state index in [0.717, 1.165) is 69.7 Å². The van der Waals surface area contributed by atoms with Gasteiger partial charge in [-0.15, -0.1) is 0 Å². The van der Waals surface area contributed by atoms with Gasteiger partial charge >= 0.3 is 0 Å². The fourth-order valence-corrected chi connectivity index (χ4v) is 4.58. The molecule has 0 aliphatic carbocycles. The summed E-state index contributed by atoms with van der Waals surface area (Å²) in [5.41, 5.74) is 1.86. The van der Waals surface area contributed by atoms with E-state index in [4.69, 9.17) is 4.74 Å². The Hall–Kier alpha value is -2.40. The van der Waals surface area contributed by atoms with Gasteiger partial charge < -0.3 is 9.64 Å². The van der Waals surface area contributed by atoms with Crippen LogP contribution in [0.5, 0.6) is 5.75 Å². The minimum atomic E-state index is 0.117. The standard InChI is InChI=1S/C25H33N3O2/c1-20(19-21-9-5-6-14-26-21)27-17-12-22(13-18-27)30-24-11-4-3-10-23(24)25(29)28-15-7-2-8-16-28/h3-6,9-11,14,20,22H,2,7-8,12-13,15-19H2,1H3/t20-/m0/s1. The lowest BCUT2D eigenvalue weighted by Crippen LogP contribution is -2.44. The van der Waals surface area contributed by atoms with Gasteiger partial charge in [-0.3, -0.25) is 14.7 Å². The molecule has 2 aliphatic rings. The number of likely N-dealkylation sites (tertiary alicyclic amines) is 2. The lowest BCUT2D eigenvalue weighted by molar-refractivity contribution is 0.0683. The number of amides is 1. The molecule has 5 nitrogen and oxygen atoms in total. The molecule has 2 fully saturated rings. The highest BCUT2D eigenvalue weighted by Gasteiger charge is 2.26. The molecule has 2 saturated heterocycles. The molecule has 0 bridgehead atoms. The Labute approximate surface area is 180 Å².